The Morgan fingerprint density at radius 1 is 0.429 bits per heavy atom. The molecular weight excluding hydrogens is 536 g/mol. The van der Waals surface area contributed by atoms with Gasteiger partial charge >= 0.3 is 0 Å². The Labute approximate surface area is 265 Å². The van der Waals surface area contributed by atoms with Crippen LogP contribution in [0.4, 0.5) is 0 Å². The fourth-order valence-electron chi connectivity index (χ4n) is 5.73. The first-order valence-electron chi connectivity index (χ1n) is 18.7. The summed E-state index contributed by atoms with van der Waals surface area (Å²) in [7, 11) is -3.38. The molecule has 0 spiro atoms. The first-order chi connectivity index (χ1) is 20.5. The van der Waals surface area contributed by atoms with E-state index in [9.17, 15) is 8.42 Å². The molecule has 0 bridgehead atoms. The zero-order chi connectivity index (χ0) is 30.8. The molecule has 0 radical (unpaired) electrons. The minimum atomic E-state index is -3.38. The third-order valence-corrected chi connectivity index (χ3v) is 9.01. The predicted molar refractivity (Wildman–Crippen MR) is 188 cm³/mol. The molecule has 3 nitrogen and oxygen atoms in total. The fraction of sp³-hybridized carbons (Fsp3) is 0.895. The average Bonchev–Trinajstić information content (AvgIpc) is 2.95. The molecule has 0 aromatic carbocycles. The van der Waals surface area contributed by atoms with Crippen LogP contribution in [0.1, 0.15) is 206 Å². The van der Waals surface area contributed by atoms with Crippen LogP contribution in [-0.2, 0) is 14.3 Å². The summed E-state index contributed by atoms with van der Waals surface area (Å²) >= 11 is 0. The summed E-state index contributed by atoms with van der Waals surface area (Å²) in [5.41, 5.74) is 0. The number of unbranched alkanes of at least 4 members (excludes halogenated alkanes) is 24. The van der Waals surface area contributed by atoms with Crippen molar-refractivity contribution in [2.75, 3.05) is 6.26 Å². The van der Waals surface area contributed by atoms with Crippen LogP contribution in [0.25, 0.3) is 0 Å². The van der Waals surface area contributed by atoms with Gasteiger partial charge in [0.15, 0.2) is 0 Å². The summed E-state index contributed by atoms with van der Waals surface area (Å²) in [6, 6.07) is 0. The van der Waals surface area contributed by atoms with Gasteiger partial charge in [0.1, 0.15) is 0 Å². The first-order valence-corrected chi connectivity index (χ1v) is 20.5. The standard InChI is InChI=1S/C38H74O3S/c1-4-6-8-10-12-14-16-18-20-22-24-26-28-30-32-34-36-38(41-42(3,39)40)37-35-33-31-29-27-25-23-21-19-17-15-13-11-9-7-5-2/h18-21,38H,4-17,22-37H2,1-3H3/b20-18+,21-19+. The van der Waals surface area contributed by atoms with Crippen molar-refractivity contribution in [1.82, 2.24) is 0 Å². The van der Waals surface area contributed by atoms with Gasteiger partial charge in [-0.25, -0.2) is 0 Å². The molecule has 0 aliphatic rings. The maximum absolute atomic E-state index is 11.8. The zero-order valence-electron chi connectivity index (χ0n) is 28.7. The minimum Gasteiger partial charge on any atom is -0.267 e. The van der Waals surface area contributed by atoms with Crippen LogP contribution in [0.2, 0.25) is 0 Å². The Balaban J connectivity index is 3.68. The van der Waals surface area contributed by atoms with E-state index in [4.69, 9.17) is 4.18 Å². The quantitative estimate of drug-likeness (QED) is 0.0413. The Morgan fingerprint density at radius 3 is 0.976 bits per heavy atom. The van der Waals surface area contributed by atoms with Gasteiger partial charge in [-0.05, 0) is 64.2 Å². The van der Waals surface area contributed by atoms with Gasteiger partial charge in [0, 0.05) is 0 Å². The van der Waals surface area contributed by atoms with E-state index in [0.717, 1.165) is 25.7 Å². The molecular formula is C38H74O3S. The van der Waals surface area contributed by atoms with Crippen LogP contribution in [-0.4, -0.2) is 20.8 Å². The maximum Gasteiger partial charge on any atom is 0.264 e. The van der Waals surface area contributed by atoms with Gasteiger partial charge in [-0.1, -0.05) is 167 Å². The van der Waals surface area contributed by atoms with E-state index >= 15 is 0 Å². The molecule has 0 saturated carbocycles. The van der Waals surface area contributed by atoms with Gasteiger partial charge in [-0.2, -0.15) is 8.42 Å². The lowest BCUT2D eigenvalue weighted by atomic mass is 10.0. The highest BCUT2D eigenvalue weighted by Crippen LogP contribution is 2.19. The average molecular weight is 611 g/mol. The summed E-state index contributed by atoms with van der Waals surface area (Å²) in [5, 5.41) is 0. The fourth-order valence-corrected chi connectivity index (χ4v) is 6.41. The summed E-state index contributed by atoms with van der Waals surface area (Å²) in [6.45, 7) is 4.55. The summed E-state index contributed by atoms with van der Waals surface area (Å²) in [5.74, 6) is 0. The first kappa shape index (κ1) is 41.4. The summed E-state index contributed by atoms with van der Waals surface area (Å²) in [4.78, 5) is 0. The molecule has 0 saturated heterocycles. The second-order valence-corrected chi connectivity index (χ2v) is 14.5. The zero-order valence-corrected chi connectivity index (χ0v) is 29.5. The van der Waals surface area contributed by atoms with Crippen molar-refractivity contribution in [3.05, 3.63) is 24.3 Å². The van der Waals surface area contributed by atoms with Gasteiger partial charge in [-0.3, -0.25) is 4.18 Å². The van der Waals surface area contributed by atoms with Crippen LogP contribution in [0.3, 0.4) is 0 Å². The van der Waals surface area contributed by atoms with Crippen LogP contribution in [0.15, 0.2) is 24.3 Å². The second kappa shape index (κ2) is 33.3. The maximum atomic E-state index is 11.8. The van der Waals surface area contributed by atoms with E-state index in [-0.39, 0.29) is 6.10 Å². The van der Waals surface area contributed by atoms with Crippen molar-refractivity contribution in [1.29, 1.82) is 0 Å². The molecule has 0 heterocycles. The summed E-state index contributed by atoms with van der Waals surface area (Å²) in [6.07, 6.45) is 48.6. The molecule has 0 aliphatic heterocycles. The lowest BCUT2D eigenvalue weighted by Gasteiger charge is -2.16. The Hall–Kier alpha value is -0.610. The Bertz CT molecular complexity index is 640. The highest BCUT2D eigenvalue weighted by atomic mass is 32.2. The highest BCUT2D eigenvalue weighted by Gasteiger charge is 2.15. The summed E-state index contributed by atoms with van der Waals surface area (Å²) < 4.78 is 28.9. The molecule has 0 unspecified atom stereocenters. The SMILES string of the molecule is CCCCCCCC/C=C/CCCCCCCCC(CCCCCCCC/C=C/CCCCCCCC)OS(C)(=O)=O. The van der Waals surface area contributed by atoms with Crippen LogP contribution < -0.4 is 0 Å². The molecule has 42 heavy (non-hydrogen) atoms. The van der Waals surface area contributed by atoms with E-state index in [1.165, 1.54) is 173 Å². The lowest BCUT2D eigenvalue weighted by molar-refractivity contribution is 0.182. The monoisotopic (exact) mass is 611 g/mol. The van der Waals surface area contributed by atoms with Crippen LogP contribution in [0.5, 0.6) is 0 Å². The van der Waals surface area contributed by atoms with Crippen molar-refractivity contribution in [2.45, 2.75) is 213 Å². The van der Waals surface area contributed by atoms with Crippen molar-refractivity contribution in [3.63, 3.8) is 0 Å². The topological polar surface area (TPSA) is 43.4 Å². The molecule has 0 aromatic rings. The minimum absolute atomic E-state index is 0.131. The van der Waals surface area contributed by atoms with E-state index in [1.54, 1.807) is 0 Å². The second-order valence-electron chi connectivity index (χ2n) is 12.9. The molecule has 0 fully saturated rings. The Kier molecular flexibility index (Phi) is 32.8. The van der Waals surface area contributed by atoms with E-state index in [2.05, 4.69) is 38.2 Å². The normalized spacial score (nSPS) is 12.5. The number of allylic oxidation sites excluding steroid dienone is 4. The highest BCUT2D eigenvalue weighted by molar-refractivity contribution is 7.86. The smallest absolute Gasteiger partial charge is 0.264 e. The van der Waals surface area contributed by atoms with E-state index in [1.807, 2.05) is 0 Å². The molecule has 0 aliphatic carbocycles. The van der Waals surface area contributed by atoms with Crippen molar-refractivity contribution in [3.8, 4) is 0 Å². The van der Waals surface area contributed by atoms with Gasteiger partial charge < -0.3 is 0 Å². The predicted octanol–water partition coefficient (Wildman–Crippen LogP) is 13.2. The molecule has 0 aromatic heterocycles. The van der Waals surface area contributed by atoms with Gasteiger partial charge in [0.2, 0.25) is 0 Å². The largest absolute Gasteiger partial charge is 0.267 e. The van der Waals surface area contributed by atoms with Crippen LogP contribution >= 0.6 is 0 Å². The third kappa shape index (κ3) is 35.6. The number of rotatable bonds is 34. The molecule has 0 rings (SSSR count). The van der Waals surface area contributed by atoms with Crippen LogP contribution in [0, 0.1) is 0 Å². The molecule has 4 heteroatoms. The van der Waals surface area contributed by atoms with E-state index < -0.39 is 10.1 Å². The molecule has 0 atom stereocenters. The molecule has 250 valence electrons. The number of hydrogen-bond acceptors (Lipinski definition) is 3. The van der Waals surface area contributed by atoms with Gasteiger partial charge in [0.05, 0.1) is 12.4 Å². The molecule has 0 N–H and O–H groups in total. The van der Waals surface area contributed by atoms with Crippen molar-refractivity contribution >= 4 is 10.1 Å². The third-order valence-electron chi connectivity index (χ3n) is 8.39. The van der Waals surface area contributed by atoms with Gasteiger partial charge in [-0.15, -0.1) is 0 Å². The molecule has 0 amide bonds. The van der Waals surface area contributed by atoms with Crippen molar-refractivity contribution in [2.24, 2.45) is 0 Å². The van der Waals surface area contributed by atoms with Gasteiger partial charge in [0.25, 0.3) is 10.1 Å². The van der Waals surface area contributed by atoms with Crippen molar-refractivity contribution < 1.29 is 12.6 Å². The van der Waals surface area contributed by atoms with E-state index in [0.29, 0.717) is 0 Å². The number of hydrogen-bond donors (Lipinski definition) is 0. The Morgan fingerprint density at radius 2 is 0.690 bits per heavy atom. The lowest BCUT2D eigenvalue weighted by Crippen LogP contribution is -2.17.